The Balaban J connectivity index is 2.11. The molecule has 0 aliphatic carbocycles. The highest BCUT2D eigenvalue weighted by atomic mass is 19.1. The first kappa shape index (κ1) is 17.2. The number of hydrogen-bond acceptors (Lipinski definition) is 3. The number of piperidine rings is 1. The molecule has 0 radical (unpaired) electrons. The van der Waals surface area contributed by atoms with Crippen molar-refractivity contribution in [2.24, 2.45) is 17.1 Å². The highest BCUT2D eigenvalue weighted by Crippen LogP contribution is 2.31. The molecule has 1 aliphatic heterocycles. The van der Waals surface area contributed by atoms with Gasteiger partial charge >= 0.3 is 0 Å². The van der Waals surface area contributed by atoms with Gasteiger partial charge in [0.1, 0.15) is 11.6 Å². The van der Waals surface area contributed by atoms with Gasteiger partial charge in [0.15, 0.2) is 0 Å². The van der Waals surface area contributed by atoms with Crippen molar-refractivity contribution >= 4 is 5.69 Å². The molecule has 1 heterocycles. The molecule has 3 nitrogen and oxygen atoms in total. The van der Waals surface area contributed by atoms with Crippen LogP contribution in [-0.4, -0.2) is 30.3 Å². The molecule has 2 rings (SSSR count). The minimum absolute atomic E-state index is 0.0737. The lowest BCUT2D eigenvalue weighted by Gasteiger charge is -2.40. The van der Waals surface area contributed by atoms with Crippen molar-refractivity contribution < 1.29 is 13.9 Å². The van der Waals surface area contributed by atoms with E-state index in [9.17, 15) is 13.9 Å². The summed E-state index contributed by atoms with van der Waals surface area (Å²) in [6, 6.07) is 3.54. The lowest BCUT2D eigenvalue weighted by atomic mass is 9.80. The topological polar surface area (TPSA) is 49.5 Å². The molecule has 0 amide bonds. The minimum Gasteiger partial charge on any atom is -0.393 e. The number of aliphatic hydroxyl groups is 1. The number of nitrogens with two attached hydrogens (primary N) is 1. The van der Waals surface area contributed by atoms with E-state index < -0.39 is 17.7 Å². The monoisotopic (exact) mass is 312 g/mol. The van der Waals surface area contributed by atoms with Crippen LogP contribution in [0.1, 0.15) is 33.6 Å². The number of anilines is 1. The van der Waals surface area contributed by atoms with Crippen LogP contribution < -0.4 is 10.6 Å². The predicted octanol–water partition coefficient (Wildman–Crippen LogP) is 2.92. The first-order chi connectivity index (χ1) is 10.2. The Morgan fingerprint density at radius 2 is 2.00 bits per heavy atom. The Morgan fingerprint density at radius 3 is 2.59 bits per heavy atom. The van der Waals surface area contributed by atoms with Gasteiger partial charge < -0.3 is 15.7 Å². The molecule has 0 spiro atoms. The third-order valence-corrected chi connectivity index (χ3v) is 4.38. The zero-order valence-corrected chi connectivity index (χ0v) is 13.5. The number of rotatable bonds is 3. The van der Waals surface area contributed by atoms with Crippen LogP contribution in [0.2, 0.25) is 0 Å². The fourth-order valence-electron chi connectivity index (χ4n) is 3.02. The van der Waals surface area contributed by atoms with Crippen molar-refractivity contribution in [1.29, 1.82) is 0 Å². The van der Waals surface area contributed by atoms with Crippen molar-refractivity contribution in [3.8, 4) is 0 Å². The molecule has 0 saturated carbocycles. The third-order valence-electron chi connectivity index (χ3n) is 4.38. The molecule has 124 valence electrons. The maximum absolute atomic E-state index is 14.0. The van der Waals surface area contributed by atoms with Gasteiger partial charge in [0.2, 0.25) is 0 Å². The van der Waals surface area contributed by atoms with E-state index in [-0.39, 0.29) is 17.4 Å². The standard InChI is InChI=1S/C17H26F2N2O/c1-17(2,3)16(22)7-11-6-13(20)10-21(9-11)15-5-4-12(18)8-14(15)19/h4-5,8,11,13,16,22H,6-7,9-10,20H2,1-3H3. The van der Waals surface area contributed by atoms with E-state index >= 15 is 0 Å². The van der Waals surface area contributed by atoms with E-state index in [1.807, 2.05) is 25.7 Å². The second-order valence-electron chi connectivity index (χ2n) is 7.48. The van der Waals surface area contributed by atoms with E-state index in [1.165, 1.54) is 12.1 Å². The maximum Gasteiger partial charge on any atom is 0.149 e. The van der Waals surface area contributed by atoms with Crippen molar-refractivity contribution in [1.82, 2.24) is 0 Å². The van der Waals surface area contributed by atoms with Crippen molar-refractivity contribution in [2.45, 2.75) is 45.8 Å². The van der Waals surface area contributed by atoms with E-state index in [0.29, 0.717) is 25.2 Å². The second kappa shape index (κ2) is 6.50. The van der Waals surface area contributed by atoms with Crippen LogP contribution >= 0.6 is 0 Å². The van der Waals surface area contributed by atoms with Crippen LogP contribution in [0, 0.1) is 23.0 Å². The Bertz CT molecular complexity index is 516. The van der Waals surface area contributed by atoms with Crippen LogP contribution in [0.5, 0.6) is 0 Å². The van der Waals surface area contributed by atoms with Gasteiger partial charge in [0, 0.05) is 25.2 Å². The molecule has 1 aromatic rings. The predicted molar refractivity (Wildman–Crippen MR) is 84.7 cm³/mol. The summed E-state index contributed by atoms with van der Waals surface area (Å²) in [5.74, 6) is -0.950. The van der Waals surface area contributed by atoms with Crippen LogP contribution in [0.3, 0.4) is 0 Å². The molecule has 1 aromatic carbocycles. The first-order valence-electron chi connectivity index (χ1n) is 7.80. The van der Waals surface area contributed by atoms with Crippen LogP contribution in [0.25, 0.3) is 0 Å². The molecule has 22 heavy (non-hydrogen) atoms. The summed E-state index contributed by atoms with van der Waals surface area (Å²) in [6.45, 7) is 7.17. The summed E-state index contributed by atoms with van der Waals surface area (Å²) in [4.78, 5) is 1.86. The Kier molecular flexibility index (Phi) is 5.07. The van der Waals surface area contributed by atoms with Crippen LogP contribution in [0.4, 0.5) is 14.5 Å². The maximum atomic E-state index is 14.0. The third kappa shape index (κ3) is 4.17. The highest BCUT2D eigenvalue weighted by molar-refractivity contribution is 5.48. The molecule has 5 heteroatoms. The molecular weight excluding hydrogens is 286 g/mol. The zero-order valence-electron chi connectivity index (χ0n) is 13.5. The van der Waals surface area contributed by atoms with Crippen LogP contribution in [-0.2, 0) is 0 Å². The van der Waals surface area contributed by atoms with Crippen LogP contribution in [0.15, 0.2) is 18.2 Å². The number of aliphatic hydroxyl groups excluding tert-OH is 1. The van der Waals surface area contributed by atoms with E-state index in [1.54, 1.807) is 0 Å². The Morgan fingerprint density at radius 1 is 1.32 bits per heavy atom. The zero-order chi connectivity index (χ0) is 16.5. The van der Waals surface area contributed by atoms with E-state index in [0.717, 1.165) is 12.5 Å². The van der Waals surface area contributed by atoms with Crippen molar-refractivity contribution in [2.75, 3.05) is 18.0 Å². The quantitative estimate of drug-likeness (QED) is 0.902. The molecule has 0 aromatic heterocycles. The van der Waals surface area contributed by atoms with Gasteiger partial charge in [-0.3, -0.25) is 0 Å². The molecule has 1 aliphatic rings. The summed E-state index contributed by atoms with van der Waals surface area (Å²) in [6.07, 6.45) is 1.02. The lowest BCUT2D eigenvalue weighted by Crippen LogP contribution is -2.48. The Hall–Kier alpha value is -1.20. The average molecular weight is 312 g/mol. The Labute approximate surface area is 131 Å². The largest absolute Gasteiger partial charge is 0.393 e. The smallest absolute Gasteiger partial charge is 0.149 e. The van der Waals surface area contributed by atoms with Gasteiger partial charge in [-0.15, -0.1) is 0 Å². The van der Waals surface area contributed by atoms with Gasteiger partial charge in [0.05, 0.1) is 11.8 Å². The van der Waals surface area contributed by atoms with Gasteiger partial charge in [-0.2, -0.15) is 0 Å². The highest BCUT2D eigenvalue weighted by Gasteiger charge is 2.31. The molecule has 3 unspecified atom stereocenters. The van der Waals surface area contributed by atoms with Gasteiger partial charge in [0.25, 0.3) is 0 Å². The van der Waals surface area contributed by atoms with Gasteiger partial charge in [-0.05, 0) is 36.3 Å². The molecule has 3 N–H and O–H groups in total. The van der Waals surface area contributed by atoms with E-state index in [2.05, 4.69) is 0 Å². The minimum atomic E-state index is -0.581. The summed E-state index contributed by atoms with van der Waals surface area (Å²) in [7, 11) is 0. The van der Waals surface area contributed by atoms with E-state index in [4.69, 9.17) is 5.73 Å². The normalized spacial score (nSPS) is 24.4. The summed E-state index contributed by atoms with van der Waals surface area (Å²) < 4.78 is 27.0. The summed E-state index contributed by atoms with van der Waals surface area (Å²) in [5.41, 5.74) is 6.29. The second-order valence-corrected chi connectivity index (χ2v) is 7.48. The summed E-state index contributed by atoms with van der Waals surface area (Å²) >= 11 is 0. The molecule has 0 bridgehead atoms. The molecule has 1 fully saturated rings. The number of nitrogens with zero attached hydrogens (tertiary/aromatic N) is 1. The molecule has 3 atom stereocenters. The lowest BCUT2D eigenvalue weighted by molar-refractivity contribution is 0.0381. The fraction of sp³-hybridized carbons (Fsp3) is 0.647. The molecular formula is C17H26F2N2O. The van der Waals surface area contributed by atoms with Gasteiger partial charge in [-0.25, -0.2) is 8.78 Å². The molecule has 1 saturated heterocycles. The SMILES string of the molecule is CC(C)(C)C(O)CC1CC(N)CN(c2ccc(F)cc2F)C1. The number of hydrogen-bond donors (Lipinski definition) is 2. The number of halogens is 2. The van der Waals surface area contributed by atoms with Gasteiger partial charge in [-0.1, -0.05) is 20.8 Å². The fourth-order valence-corrected chi connectivity index (χ4v) is 3.02. The number of benzene rings is 1. The van der Waals surface area contributed by atoms with Crippen molar-refractivity contribution in [3.63, 3.8) is 0 Å². The average Bonchev–Trinajstić information content (AvgIpc) is 2.36. The first-order valence-corrected chi connectivity index (χ1v) is 7.80. The summed E-state index contributed by atoms with van der Waals surface area (Å²) in [5, 5.41) is 10.3. The van der Waals surface area contributed by atoms with Crippen molar-refractivity contribution in [3.05, 3.63) is 29.8 Å².